The number of fused-ring (bicyclic) bond motifs is 6. The van der Waals surface area contributed by atoms with E-state index in [2.05, 4.69) is 5.32 Å². The monoisotopic (exact) mass is 728 g/mol. The molecule has 266 valence electrons. The number of carbonyl (C=O) groups excluding carboxylic acids is 3. The number of allylic oxidation sites excluding steroid dienone is 3. The van der Waals surface area contributed by atoms with Crippen molar-refractivity contribution in [1.82, 2.24) is 5.32 Å². The van der Waals surface area contributed by atoms with Crippen LogP contribution >= 0.6 is 33.2 Å². The Kier molecular flexibility index (Phi) is 13.6. The van der Waals surface area contributed by atoms with Crippen LogP contribution in [0.5, 0.6) is 5.75 Å². The summed E-state index contributed by atoms with van der Waals surface area (Å²) in [4.78, 5) is 41.0. The highest BCUT2D eigenvalue weighted by molar-refractivity contribution is 8.76. The standard InChI is InChI=1S/C33H45ClN2O10S2/c1-20-8-7-9-26(42-5)33(40)19-24(44-31(39)35-33)25-18-32(2,46-25)27(45-29(38)10-11-43-12-13-48-47-6)17-28(37)36(3)22-15-21(14-20)16-23(41-4)30(22)34/h7-9,15-16,24-27,40H,10-14,17-19H2,1-6H3,(H,35,39)/b9-7+,20-8+/t24-,25?,26+,27-,32+,33-/m0/s1. The zero-order valence-corrected chi connectivity index (χ0v) is 30.5. The average Bonchev–Trinajstić information content (AvgIpc) is 3.02. The van der Waals surface area contributed by atoms with Gasteiger partial charge in [0.25, 0.3) is 0 Å². The van der Waals surface area contributed by atoms with Gasteiger partial charge in [-0.05, 0) is 44.2 Å². The van der Waals surface area contributed by atoms with Gasteiger partial charge in [0.2, 0.25) is 5.91 Å². The van der Waals surface area contributed by atoms with Gasteiger partial charge in [0.15, 0.2) is 5.72 Å². The molecule has 4 aliphatic rings. The number of amides is 2. The van der Waals surface area contributed by atoms with Gasteiger partial charge >= 0.3 is 12.1 Å². The number of ether oxygens (including phenoxy) is 6. The Hall–Kier alpha value is -2.46. The number of nitrogens with zero attached hydrogens (tertiary/aromatic N) is 1. The molecule has 1 unspecified atom stereocenters. The zero-order chi connectivity index (χ0) is 35.1. The topological polar surface area (TPSA) is 142 Å². The molecule has 4 aliphatic heterocycles. The van der Waals surface area contributed by atoms with Crippen LogP contribution in [-0.2, 0) is 39.7 Å². The molecule has 2 amide bonds. The van der Waals surface area contributed by atoms with E-state index in [0.29, 0.717) is 24.5 Å². The lowest BCUT2D eigenvalue weighted by Gasteiger charge is -2.53. The molecule has 48 heavy (non-hydrogen) atoms. The minimum absolute atomic E-state index is 0.00717. The largest absolute Gasteiger partial charge is 0.495 e. The molecular formula is C33H45ClN2O10S2. The number of benzene rings is 1. The quantitative estimate of drug-likeness (QED) is 0.194. The van der Waals surface area contributed by atoms with Crippen molar-refractivity contribution >= 4 is 56.8 Å². The van der Waals surface area contributed by atoms with Gasteiger partial charge in [0.1, 0.15) is 34.7 Å². The van der Waals surface area contributed by atoms with E-state index < -0.39 is 47.8 Å². The van der Waals surface area contributed by atoms with Crippen LogP contribution < -0.4 is 15.0 Å². The third-order valence-electron chi connectivity index (χ3n) is 8.63. The van der Waals surface area contributed by atoms with Crippen LogP contribution in [0.25, 0.3) is 0 Å². The summed E-state index contributed by atoms with van der Waals surface area (Å²) in [6.45, 7) is 4.34. The summed E-state index contributed by atoms with van der Waals surface area (Å²) in [7, 11) is 7.85. The number of rotatable bonds is 10. The lowest BCUT2D eigenvalue weighted by Crippen LogP contribution is -2.68. The number of aliphatic hydroxyl groups is 1. The fourth-order valence-corrected chi connectivity index (χ4v) is 7.39. The van der Waals surface area contributed by atoms with Crippen molar-refractivity contribution in [3.63, 3.8) is 0 Å². The summed E-state index contributed by atoms with van der Waals surface area (Å²) in [6, 6.07) is 3.63. The fourth-order valence-electron chi connectivity index (χ4n) is 6.02. The van der Waals surface area contributed by atoms with Crippen LogP contribution in [0.3, 0.4) is 0 Å². The van der Waals surface area contributed by atoms with Crippen LogP contribution in [0.1, 0.15) is 45.1 Å². The maximum Gasteiger partial charge on any atom is 0.409 e. The molecule has 5 rings (SSSR count). The van der Waals surface area contributed by atoms with Gasteiger partial charge in [0.05, 0.1) is 45.0 Å². The minimum Gasteiger partial charge on any atom is -0.495 e. The normalized spacial score (nSPS) is 31.1. The number of nitrogens with one attached hydrogen (secondary N) is 1. The summed E-state index contributed by atoms with van der Waals surface area (Å²) in [5.74, 6) is 0.279. The molecule has 6 atom stereocenters. The first-order valence-electron chi connectivity index (χ1n) is 15.6. The molecule has 0 radical (unpaired) electrons. The minimum atomic E-state index is -1.79. The molecule has 0 aliphatic carbocycles. The van der Waals surface area contributed by atoms with Crippen molar-refractivity contribution in [2.75, 3.05) is 51.4 Å². The Balaban J connectivity index is 1.66. The number of anilines is 1. The summed E-state index contributed by atoms with van der Waals surface area (Å²) >= 11 is 6.71. The average molecular weight is 729 g/mol. The molecule has 15 heteroatoms. The van der Waals surface area contributed by atoms with Gasteiger partial charge in [-0.15, -0.1) is 0 Å². The van der Waals surface area contributed by atoms with Crippen molar-refractivity contribution in [3.8, 4) is 5.75 Å². The van der Waals surface area contributed by atoms with Crippen molar-refractivity contribution in [1.29, 1.82) is 0 Å². The molecule has 2 N–H and O–H groups in total. The third kappa shape index (κ3) is 9.40. The van der Waals surface area contributed by atoms with E-state index in [1.165, 1.54) is 19.1 Å². The SMILES string of the molecule is COc1cc2cc(c1Cl)N(C)C(=O)C[C@H](OC(=O)CCOCCSSC)[C@@]1(C)CC(O1)[C@@H]1C[C@@](O)(NC(=O)O1)[C@H](OC)/C=C/C=C(\C)C2. The van der Waals surface area contributed by atoms with Crippen LogP contribution in [0.4, 0.5) is 10.5 Å². The number of hydrogen-bond acceptors (Lipinski definition) is 12. The lowest BCUT2D eigenvalue weighted by atomic mass is 9.79. The van der Waals surface area contributed by atoms with Crippen LogP contribution in [0, 0.1) is 0 Å². The Bertz CT molecular complexity index is 1390. The second-order valence-electron chi connectivity index (χ2n) is 12.2. The van der Waals surface area contributed by atoms with E-state index in [0.717, 1.165) is 16.9 Å². The Morgan fingerprint density at radius 3 is 2.65 bits per heavy atom. The van der Waals surface area contributed by atoms with Crippen molar-refractivity contribution in [2.45, 2.75) is 81.7 Å². The molecule has 4 heterocycles. The molecule has 2 fully saturated rings. The molecular weight excluding hydrogens is 684 g/mol. The molecule has 0 saturated carbocycles. The van der Waals surface area contributed by atoms with Gasteiger partial charge in [-0.1, -0.05) is 57.0 Å². The van der Waals surface area contributed by atoms with E-state index in [1.807, 2.05) is 31.4 Å². The predicted octanol–water partition coefficient (Wildman–Crippen LogP) is 4.84. The second kappa shape index (κ2) is 17.0. The van der Waals surface area contributed by atoms with Gasteiger partial charge in [-0.25, -0.2) is 4.79 Å². The lowest BCUT2D eigenvalue weighted by molar-refractivity contribution is -0.280. The second-order valence-corrected chi connectivity index (χ2v) is 15.3. The van der Waals surface area contributed by atoms with E-state index in [9.17, 15) is 19.5 Å². The molecule has 2 saturated heterocycles. The maximum atomic E-state index is 13.9. The van der Waals surface area contributed by atoms with Crippen LogP contribution in [-0.4, -0.2) is 105 Å². The summed E-state index contributed by atoms with van der Waals surface area (Å²) in [5.41, 5.74) is -0.669. The van der Waals surface area contributed by atoms with Gasteiger partial charge < -0.3 is 38.4 Å². The number of halogens is 1. The number of methoxy groups -OCH3 is 2. The Morgan fingerprint density at radius 2 is 1.96 bits per heavy atom. The number of carbonyl (C=O) groups is 3. The summed E-state index contributed by atoms with van der Waals surface area (Å²) in [5, 5.41) is 14.3. The number of esters is 1. The first-order valence-corrected chi connectivity index (χ1v) is 18.7. The van der Waals surface area contributed by atoms with Crippen LogP contribution in [0.2, 0.25) is 5.02 Å². The van der Waals surface area contributed by atoms with Crippen LogP contribution in [0.15, 0.2) is 35.9 Å². The third-order valence-corrected chi connectivity index (χ3v) is 10.8. The molecule has 0 aromatic heterocycles. The first kappa shape index (κ1) is 38.3. The number of alkyl carbamates (subject to hydrolysis) is 1. The molecule has 0 spiro atoms. The summed E-state index contributed by atoms with van der Waals surface area (Å²) in [6.07, 6.45) is 3.57. The zero-order valence-electron chi connectivity index (χ0n) is 28.1. The van der Waals surface area contributed by atoms with Crippen molar-refractivity contribution in [3.05, 3.63) is 46.5 Å². The highest BCUT2D eigenvalue weighted by atomic mass is 35.5. The van der Waals surface area contributed by atoms with Crippen molar-refractivity contribution < 1.29 is 47.9 Å². The van der Waals surface area contributed by atoms with Crippen molar-refractivity contribution in [2.24, 2.45) is 0 Å². The molecule has 1 aromatic rings. The summed E-state index contributed by atoms with van der Waals surface area (Å²) < 4.78 is 34.5. The molecule has 1 aromatic carbocycles. The number of hydrogen-bond donors (Lipinski definition) is 2. The van der Waals surface area contributed by atoms with E-state index in [4.69, 9.17) is 40.0 Å². The predicted molar refractivity (Wildman–Crippen MR) is 186 cm³/mol. The molecule has 12 nitrogen and oxygen atoms in total. The maximum absolute atomic E-state index is 13.9. The van der Waals surface area contributed by atoms with Gasteiger partial charge in [0, 0.05) is 32.8 Å². The highest BCUT2D eigenvalue weighted by Gasteiger charge is 2.57. The Morgan fingerprint density at radius 1 is 1.21 bits per heavy atom. The fraction of sp³-hybridized carbons (Fsp3) is 0.606. The van der Waals surface area contributed by atoms with E-state index in [1.54, 1.807) is 47.7 Å². The first-order chi connectivity index (χ1) is 22.8. The van der Waals surface area contributed by atoms with E-state index in [-0.39, 0.29) is 43.2 Å². The van der Waals surface area contributed by atoms with E-state index >= 15 is 0 Å². The molecule has 6 bridgehead atoms. The van der Waals surface area contributed by atoms with Gasteiger partial charge in [-0.3, -0.25) is 14.9 Å². The Labute approximate surface area is 294 Å². The smallest absolute Gasteiger partial charge is 0.409 e. The van der Waals surface area contributed by atoms with Gasteiger partial charge in [-0.2, -0.15) is 0 Å². The highest BCUT2D eigenvalue weighted by Crippen LogP contribution is 2.44.